The van der Waals surface area contributed by atoms with Gasteiger partial charge in [0.25, 0.3) is 0 Å². The Morgan fingerprint density at radius 2 is 0.862 bits per heavy atom. The van der Waals surface area contributed by atoms with Crippen molar-refractivity contribution in [3.05, 3.63) is 49.1 Å². The number of carboxylic acids is 2. The van der Waals surface area contributed by atoms with Crippen LogP contribution in [0, 0.1) is 0 Å². The number of rotatable bonds is 2. The van der Waals surface area contributed by atoms with E-state index in [-0.39, 0.29) is 28.9 Å². The molecule has 10 nitrogen and oxygen atoms in total. The molecule has 1 radical (unpaired) electrons. The Hall–Kier alpha value is -3.30. The zero-order valence-corrected chi connectivity index (χ0v) is 17.2. The van der Waals surface area contributed by atoms with Crippen molar-refractivity contribution in [1.82, 2.24) is 9.97 Å². The molecule has 0 aliphatic carbocycles. The number of hydrogen-bond donors (Lipinski definition) is 2. The topological polar surface area (TPSA) is 164 Å². The van der Waals surface area contributed by atoms with E-state index in [9.17, 15) is 9.59 Å². The first-order chi connectivity index (χ1) is 13.0. The van der Waals surface area contributed by atoms with Gasteiger partial charge in [-0.15, -0.1) is 0 Å². The molecule has 0 saturated carbocycles. The van der Waals surface area contributed by atoms with Crippen LogP contribution in [0.25, 0.3) is 0 Å². The first-order valence-corrected chi connectivity index (χ1v) is 7.75. The minimum absolute atomic E-state index is 0. The normalized spacial score (nSPS) is 7.86. The van der Waals surface area contributed by atoms with E-state index in [0.717, 1.165) is 25.2 Å². The molecule has 0 atom stereocenters. The summed E-state index contributed by atoms with van der Waals surface area (Å²) in [5, 5.41) is 23.0. The molecule has 0 aliphatic rings. The predicted molar refractivity (Wildman–Crippen MR) is 98.4 cm³/mol. The molecule has 0 aliphatic heterocycles. The molecular weight excluding hydrogens is 432 g/mol. The van der Waals surface area contributed by atoms with Gasteiger partial charge in [0.05, 0.1) is 0 Å². The van der Waals surface area contributed by atoms with E-state index < -0.39 is 11.9 Å². The molecule has 2 N–H and O–H groups in total. The third-order valence-electron chi connectivity index (χ3n) is 2.00. The van der Waals surface area contributed by atoms with Crippen LogP contribution in [-0.4, -0.2) is 33.7 Å². The fourth-order valence-corrected chi connectivity index (χ4v) is 1.28. The number of aromatic nitrogens is 2. The Labute approximate surface area is 179 Å². The first-order valence-electron chi connectivity index (χ1n) is 7.75. The van der Waals surface area contributed by atoms with Crippen LogP contribution >= 0.6 is 0 Å². The molecule has 2 rings (SSSR count). The third-order valence-corrected chi connectivity index (χ3v) is 2.00. The van der Waals surface area contributed by atoms with Crippen LogP contribution < -0.4 is 20.8 Å². The largest absolute Gasteiger partial charge is 2.00 e. The molecular formula is C18H22CuN4O6. The molecule has 2 aromatic heterocycles. The number of carboxylic acid groups (broad SMARTS) is 2. The number of carbonyl (C=O) groups is 4. The molecule has 0 saturated heterocycles. The molecule has 0 spiro atoms. The summed E-state index contributed by atoms with van der Waals surface area (Å²) in [6, 6.07) is 6.95. The number of hydrogen-bond acceptors (Lipinski definition) is 8. The fraction of sp³-hybridized carbons (Fsp3) is 0.222. The van der Waals surface area contributed by atoms with Crippen LogP contribution in [-0.2, 0) is 36.2 Å². The average molecular weight is 454 g/mol. The molecule has 0 fully saturated rings. The van der Waals surface area contributed by atoms with Gasteiger partial charge in [-0.2, -0.15) is 0 Å². The second kappa shape index (κ2) is 19.5. The van der Waals surface area contributed by atoms with Crippen molar-refractivity contribution in [3.63, 3.8) is 0 Å². The van der Waals surface area contributed by atoms with Crippen molar-refractivity contribution in [2.45, 2.75) is 27.7 Å². The summed E-state index contributed by atoms with van der Waals surface area (Å²) in [7, 11) is 0. The maximum absolute atomic E-state index is 10.5. The number of amides is 2. The van der Waals surface area contributed by atoms with Crippen molar-refractivity contribution in [3.8, 4) is 0 Å². The van der Waals surface area contributed by atoms with Gasteiger partial charge in [0.2, 0.25) is 11.8 Å². The zero-order chi connectivity index (χ0) is 21.9. The van der Waals surface area contributed by atoms with Crippen molar-refractivity contribution in [1.29, 1.82) is 0 Å². The molecule has 2 aromatic rings. The number of anilines is 2. The Kier molecular flexibility index (Phi) is 20.4. The zero-order valence-electron chi connectivity index (χ0n) is 16.3. The summed E-state index contributed by atoms with van der Waals surface area (Å²) >= 11 is 0. The smallest absolute Gasteiger partial charge is 0.550 e. The quantitative estimate of drug-likeness (QED) is 0.579. The van der Waals surface area contributed by atoms with E-state index >= 15 is 0 Å². The molecule has 2 heterocycles. The Bertz CT molecular complexity index is 658. The molecule has 0 unspecified atom stereocenters. The van der Waals surface area contributed by atoms with Gasteiger partial charge in [-0.05, 0) is 38.1 Å². The minimum Gasteiger partial charge on any atom is -0.550 e. The number of nitrogens with one attached hydrogen (secondary N) is 2. The fourth-order valence-electron chi connectivity index (χ4n) is 1.28. The SMILES string of the molecule is CC(=O)Nc1ccncc1.CC(=O)Nc1ccncc1.CC(=O)[O-].CC(=O)[O-].[Cu+2]. The third kappa shape index (κ3) is 29.7. The number of pyridine rings is 2. The van der Waals surface area contributed by atoms with Crippen molar-refractivity contribution in [2.24, 2.45) is 0 Å². The Morgan fingerprint density at radius 1 is 0.655 bits per heavy atom. The van der Waals surface area contributed by atoms with E-state index in [0.29, 0.717) is 0 Å². The van der Waals surface area contributed by atoms with Gasteiger partial charge >= 0.3 is 17.1 Å². The second-order valence-electron chi connectivity index (χ2n) is 4.82. The van der Waals surface area contributed by atoms with Crippen LogP contribution in [0.15, 0.2) is 49.1 Å². The number of carbonyl (C=O) groups excluding carboxylic acids is 4. The van der Waals surface area contributed by atoms with Gasteiger partial charge in [-0.1, -0.05) is 0 Å². The Morgan fingerprint density at radius 3 is 1.03 bits per heavy atom. The van der Waals surface area contributed by atoms with Crippen LogP contribution in [0.1, 0.15) is 27.7 Å². The summed E-state index contributed by atoms with van der Waals surface area (Å²) in [6.45, 7) is 4.89. The van der Waals surface area contributed by atoms with Crippen molar-refractivity contribution >= 4 is 35.1 Å². The van der Waals surface area contributed by atoms with Crippen LogP contribution in [0.2, 0.25) is 0 Å². The average Bonchev–Trinajstić information content (AvgIpc) is 2.55. The van der Waals surface area contributed by atoms with Gasteiger partial charge in [0.15, 0.2) is 0 Å². The number of aliphatic carboxylic acids is 2. The molecule has 11 heteroatoms. The summed E-state index contributed by atoms with van der Waals surface area (Å²) in [4.78, 5) is 46.3. The van der Waals surface area contributed by atoms with Gasteiger partial charge in [-0.3, -0.25) is 19.6 Å². The predicted octanol–water partition coefficient (Wildman–Crippen LogP) is -0.410. The van der Waals surface area contributed by atoms with Gasteiger partial charge in [-0.25, -0.2) is 0 Å². The number of nitrogens with zero attached hydrogens (tertiary/aromatic N) is 2. The standard InChI is InChI=1S/2C7H8N2O.2C2H4O2.Cu/c2*1-6(10)9-7-2-4-8-5-3-7;2*1-2(3)4;/h2*2-5H,1H3,(H,8,9,10);2*1H3,(H,3,4);/q;;;;+2/p-2. The summed E-state index contributed by atoms with van der Waals surface area (Å²) in [5.41, 5.74) is 1.56. The monoisotopic (exact) mass is 453 g/mol. The first kappa shape index (κ1) is 30.4. The summed E-state index contributed by atoms with van der Waals surface area (Å²) in [5.74, 6) is -2.29. The van der Waals surface area contributed by atoms with E-state index in [1.165, 1.54) is 13.8 Å². The molecule has 161 valence electrons. The van der Waals surface area contributed by atoms with E-state index in [1.807, 2.05) is 0 Å². The van der Waals surface area contributed by atoms with Crippen LogP contribution in [0.3, 0.4) is 0 Å². The van der Waals surface area contributed by atoms with Gasteiger partial charge in [0.1, 0.15) is 0 Å². The van der Waals surface area contributed by atoms with E-state index in [2.05, 4.69) is 20.6 Å². The second-order valence-corrected chi connectivity index (χ2v) is 4.82. The van der Waals surface area contributed by atoms with Crippen molar-refractivity contribution in [2.75, 3.05) is 10.6 Å². The van der Waals surface area contributed by atoms with Crippen LogP contribution in [0.4, 0.5) is 11.4 Å². The van der Waals surface area contributed by atoms with Crippen LogP contribution in [0.5, 0.6) is 0 Å². The molecule has 29 heavy (non-hydrogen) atoms. The van der Waals surface area contributed by atoms with Gasteiger partial charge < -0.3 is 30.4 Å². The van der Waals surface area contributed by atoms with Gasteiger partial charge in [0, 0.05) is 61.9 Å². The molecule has 2 amide bonds. The van der Waals surface area contributed by atoms with Crippen molar-refractivity contribution < 1.29 is 46.5 Å². The maximum Gasteiger partial charge on any atom is 2.00 e. The molecule has 0 aromatic carbocycles. The summed E-state index contributed by atoms with van der Waals surface area (Å²) in [6.07, 6.45) is 6.52. The van der Waals surface area contributed by atoms with E-state index in [1.54, 1.807) is 49.1 Å². The van der Waals surface area contributed by atoms with E-state index in [4.69, 9.17) is 19.8 Å². The Balaban J connectivity index is -0.000000336. The summed E-state index contributed by atoms with van der Waals surface area (Å²) < 4.78 is 0. The molecule has 0 bridgehead atoms. The minimum atomic E-state index is -1.08. The maximum atomic E-state index is 10.5.